The van der Waals surface area contributed by atoms with Gasteiger partial charge in [0.25, 0.3) is 0 Å². The van der Waals surface area contributed by atoms with Crippen molar-refractivity contribution >= 4 is 11.9 Å². The zero-order valence-electron chi connectivity index (χ0n) is 24.6. The summed E-state index contributed by atoms with van der Waals surface area (Å²) in [6.07, 6.45) is 12.8. The summed E-state index contributed by atoms with van der Waals surface area (Å²) in [5, 5.41) is 32.1. The van der Waals surface area contributed by atoms with Gasteiger partial charge in [0.2, 0.25) is 0 Å². The van der Waals surface area contributed by atoms with Crippen molar-refractivity contribution in [1.29, 1.82) is 0 Å². The fourth-order valence-electron chi connectivity index (χ4n) is 4.30. The van der Waals surface area contributed by atoms with Gasteiger partial charge in [-0.2, -0.15) is 0 Å². The average molecular weight is 511 g/mol. The minimum Gasteiger partial charge on any atom is -0.394 e. The first-order valence-electron chi connectivity index (χ1n) is 14.3. The van der Waals surface area contributed by atoms with Crippen LogP contribution in [0.3, 0.4) is 0 Å². The molecule has 2 rings (SSSR count). The number of rotatable bonds is 8. The van der Waals surface area contributed by atoms with Crippen molar-refractivity contribution in [3.05, 3.63) is 0 Å². The highest BCUT2D eigenvalue weighted by Crippen LogP contribution is 2.21. The van der Waals surface area contributed by atoms with Crippen molar-refractivity contribution in [3.8, 4) is 0 Å². The zero-order chi connectivity index (χ0) is 27.2. The molecule has 2 aliphatic rings. The minimum absolute atomic E-state index is 0.0733. The third kappa shape index (κ3) is 14.9. The molecule has 0 saturated heterocycles. The third-order valence-corrected chi connectivity index (χ3v) is 6.35. The smallest absolute Gasteiger partial charge is 0.192 e. The molecule has 6 N–H and O–H groups in total. The van der Waals surface area contributed by atoms with Crippen LogP contribution in [0.1, 0.15) is 120 Å². The molecule has 0 heterocycles. The molecule has 0 bridgehead atoms. The molecule has 2 aliphatic carbocycles. The Morgan fingerprint density at radius 2 is 1.22 bits per heavy atom. The van der Waals surface area contributed by atoms with Gasteiger partial charge in [0.1, 0.15) is 0 Å². The van der Waals surface area contributed by atoms with Crippen molar-refractivity contribution in [2.24, 2.45) is 9.98 Å². The van der Waals surface area contributed by atoms with Gasteiger partial charge in [-0.05, 0) is 81.1 Å². The Labute approximate surface area is 221 Å². The van der Waals surface area contributed by atoms with Gasteiger partial charge in [0.15, 0.2) is 11.9 Å². The summed E-state index contributed by atoms with van der Waals surface area (Å²) in [5.41, 5.74) is -0.676. The van der Waals surface area contributed by atoms with Crippen LogP contribution in [0.15, 0.2) is 9.98 Å². The van der Waals surface area contributed by atoms with E-state index in [1.165, 1.54) is 64.2 Å². The van der Waals surface area contributed by atoms with E-state index < -0.39 is 0 Å². The summed E-state index contributed by atoms with van der Waals surface area (Å²) in [6.45, 7) is 16.3. The highest BCUT2D eigenvalue weighted by molar-refractivity contribution is 5.81. The van der Waals surface area contributed by atoms with Gasteiger partial charge in [-0.15, -0.1) is 0 Å². The lowest BCUT2D eigenvalue weighted by atomic mass is 9.95. The van der Waals surface area contributed by atoms with Gasteiger partial charge in [-0.3, -0.25) is 4.99 Å². The summed E-state index contributed by atoms with van der Waals surface area (Å²) in [5.74, 6) is 1.66. The molecule has 0 aromatic carbocycles. The Bertz CT molecular complexity index is 648. The molecular weight excluding hydrogens is 452 g/mol. The Morgan fingerprint density at radius 1 is 0.750 bits per heavy atom. The predicted octanol–water partition coefficient (Wildman–Crippen LogP) is 4.07. The number of hydrogen-bond acceptors (Lipinski definition) is 4. The van der Waals surface area contributed by atoms with E-state index in [4.69, 9.17) is 10.1 Å². The number of aliphatic hydroxyl groups is 2. The van der Waals surface area contributed by atoms with Gasteiger partial charge >= 0.3 is 0 Å². The maximum atomic E-state index is 9.51. The monoisotopic (exact) mass is 510 g/mol. The van der Waals surface area contributed by atoms with Gasteiger partial charge in [0.05, 0.1) is 30.3 Å². The molecule has 8 nitrogen and oxygen atoms in total. The molecular formula is C28H58N6O2. The van der Waals surface area contributed by atoms with Gasteiger partial charge < -0.3 is 31.5 Å². The molecule has 0 unspecified atom stereocenters. The Kier molecular flexibility index (Phi) is 14.7. The topological polar surface area (TPSA) is 113 Å². The van der Waals surface area contributed by atoms with Crippen LogP contribution in [0.2, 0.25) is 0 Å². The molecule has 36 heavy (non-hydrogen) atoms. The van der Waals surface area contributed by atoms with Crippen LogP contribution in [-0.4, -0.2) is 70.6 Å². The number of nitrogens with one attached hydrogen (secondary N) is 4. The van der Waals surface area contributed by atoms with E-state index in [1.807, 2.05) is 41.5 Å². The first-order valence-corrected chi connectivity index (χ1v) is 14.3. The number of hydrogen-bond donors (Lipinski definition) is 6. The summed E-state index contributed by atoms with van der Waals surface area (Å²) >= 11 is 0. The van der Waals surface area contributed by atoms with Gasteiger partial charge in [-0.25, -0.2) is 4.99 Å². The zero-order valence-corrected chi connectivity index (χ0v) is 24.6. The summed E-state index contributed by atoms with van der Waals surface area (Å²) < 4.78 is 0. The van der Waals surface area contributed by atoms with Crippen LogP contribution < -0.4 is 21.3 Å². The van der Waals surface area contributed by atoms with Crippen LogP contribution in [0.25, 0.3) is 0 Å². The Balaban J connectivity index is 0.000000384. The van der Waals surface area contributed by atoms with E-state index in [9.17, 15) is 5.11 Å². The third-order valence-electron chi connectivity index (χ3n) is 6.35. The fraction of sp³-hybridized carbons (Fsp3) is 0.929. The van der Waals surface area contributed by atoms with E-state index in [0.29, 0.717) is 18.1 Å². The molecule has 0 aliphatic heterocycles. The summed E-state index contributed by atoms with van der Waals surface area (Å²) in [7, 11) is 0. The van der Waals surface area contributed by atoms with E-state index >= 15 is 0 Å². The fourth-order valence-corrected chi connectivity index (χ4v) is 4.30. The molecule has 0 aromatic heterocycles. The second-order valence-electron chi connectivity index (χ2n) is 12.5. The van der Waals surface area contributed by atoms with Gasteiger partial charge in [-0.1, -0.05) is 38.5 Å². The van der Waals surface area contributed by atoms with Crippen LogP contribution in [0.5, 0.6) is 0 Å². The quantitative estimate of drug-likeness (QED) is 0.217. The molecule has 8 heteroatoms. The number of guanidine groups is 2. The molecule has 0 aromatic rings. The predicted molar refractivity (Wildman–Crippen MR) is 154 cm³/mol. The highest BCUT2D eigenvalue weighted by atomic mass is 16.3. The lowest BCUT2D eigenvalue weighted by molar-refractivity contribution is 0.204. The second kappa shape index (κ2) is 16.3. The van der Waals surface area contributed by atoms with E-state index in [0.717, 1.165) is 11.9 Å². The van der Waals surface area contributed by atoms with Crippen molar-refractivity contribution in [3.63, 3.8) is 0 Å². The lowest BCUT2D eigenvalue weighted by Crippen LogP contribution is -2.54. The standard InChI is InChI=1S/C17H33N3O.C11H25N3O/c1-17(2,13-21)20-16(18-14-9-5-3-6-10-14)19-15-11-7-4-8-12-15;1-8(2)12-10(13-9(3)4)14-11(5,6)7-15/h14-15,21H,3-13H2,1-2H3,(H2,18,19,20);8-9,15H,7H2,1-6H3,(H2,12,13,14). The van der Waals surface area contributed by atoms with Crippen LogP contribution in [0, 0.1) is 0 Å². The number of aliphatic hydroxyl groups excluding tert-OH is 2. The molecule has 0 amide bonds. The lowest BCUT2D eigenvalue weighted by Gasteiger charge is -2.31. The summed E-state index contributed by atoms with van der Waals surface area (Å²) in [6, 6.07) is 1.55. The van der Waals surface area contributed by atoms with Crippen molar-refractivity contribution in [2.45, 2.75) is 155 Å². The second-order valence-corrected chi connectivity index (χ2v) is 12.5. The van der Waals surface area contributed by atoms with Crippen molar-refractivity contribution < 1.29 is 10.2 Å². The molecule has 0 atom stereocenters. The molecule has 0 radical (unpaired) electrons. The molecule has 212 valence electrons. The Morgan fingerprint density at radius 3 is 1.67 bits per heavy atom. The highest BCUT2D eigenvalue weighted by Gasteiger charge is 2.23. The van der Waals surface area contributed by atoms with Crippen LogP contribution in [-0.2, 0) is 0 Å². The van der Waals surface area contributed by atoms with Crippen LogP contribution >= 0.6 is 0 Å². The average Bonchev–Trinajstić information content (AvgIpc) is 2.79. The first kappa shape index (κ1) is 32.5. The Hall–Kier alpha value is -1.54. The van der Waals surface area contributed by atoms with Crippen molar-refractivity contribution in [2.75, 3.05) is 13.2 Å². The first-order chi connectivity index (χ1) is 16.9. The maximum Gasteiger partial charge on any atom is 0.192 e. The minimum atomic E-state index is -0.352. The van der Waals surface area contributed by atoms with Crippen LogP contribution in [0.4, 0.5) is 0 Å². The van der Waals surface area contributed by atoms with E-state index in [1.54, 1.807) is 0 Å². The van der Waals surface area contributed by atoms with Crippen molar-refractivity contribution in [1.82, 2.24) is 21.3 Å². The van der Waals surface area contributed by atoms with E-state index in [2.05, 4.69) is 40.1 Å². The van der Waals surface area contributed by atoms with Gasteiger partial charge in [0, 0.05) is 18.1 Å². The number of nitrogens with zero attached hydrogens (tertiary/aromatic N) is 2. The van der Waals surface area contributed by atoms with E-state index in [-0.39, 0.29) is 30.3 Å². The normalized spacial score (nSPS) is 19.1. The largest absolute Gasteiger partial charge is 0.394 e. The molecule has 2 saturated carbocycles. The number of aliphatic imine (C=N–C) groups is 2. The summed E-state index contributed by atoms with van der Waals surface area (Å²) in [4.78, 5) is 9.38. The molecule has 0 spiro atoms. The maximum absolute atomic E-state index is 9.51. The SMILES string of the molecule is CC(C)(CO)NC(=NC1CCCCC1)NC1CCCCC1.CC(C)N=C(NC(C)C)NC(C)(C)CO. The molecule has 2 fully saturated rings.